The van der Waals surface area contributed by atoms with E-state index < -0.39 is 0 Å². The Bertz CT molecular complexity index is 2560. The monoisotopic (exact) mass is 626 g/mol. The van der Waals surface area contributed by atoms with E-state index in [0.29, 0.717) is 0 Å². The number of hydrogen-bond acceptors (Lipinski definition) is 3. The van der Waals surface area contributed by atoms with E-state index in [9.17, 15) is 0 Å². The lowest BCUT2D eigenvalue weighted by Gasteiger charge is -2.18. The first kappa shape index (κ1) is 28.6. The third-order valence-electron chi connectivity index (χ3n) is 9.08. The van der Waals surface area contributed by atoms with Crippen LogP contribution in [0.15, 0.2) is 182 Å². The van der Waals surface area contributed by atoms with Gasteiger partial charge in [-0.05, 0) is 35.4 Å². The molecule has 0 aliphatic heterocycles. The molecule has 0 N–H and O–H groups in total. The first-order valence-corrected chi connectivity index (χ1v) is 16.5. The molecule has 0 aliphatic rings. The Morgan fingerprint density at radius 3 is 1.55 bits per heavy atom. The van der Waals surface area contributed by atoms with Crippen molar-refractivity contribution in [2.75, 3.05) is 0 Å². The van der Waals surface area contributed by atoms with E-state index >= 15 is 0 Å². The molecule has 0 fully saturated rings. The topological polar surface area (TPSA) is 43.6 Å². The van der Waals surface area contributed by atoms with Crippen molar-refractivity contribution in [3.63, 3.8) is 0 Å². The predicted molar refractivity (Wildman–Crippen MR) is 201 cm³/mol. The van der Waals surface area contributed by atoms with E-state index in [-0.39, 0.29) is 0 Å². The van der Waals surface area contributed by atoms with Gasteiger partial charge in [-0.15, -0.1) is 0 Å². The fourth-order valence-electron chi connectivity index (χ4n) is 6.71. The molecule has 0 amide bonds. The van der Waals surface area contributed by atoms with E-state index in [2.05, 4.69) is 155 Å². The molecule has 0 aliphatic carbocycles. The molecule has 9 rings (SSSR count). The highest BCUT2D eigenvalue weighted by Crippen LogP contribution is 2.40. The summed E-state index contributed by atoms with van der Waals surface area (Å²) in [5.74, 6) is 0.778. The summed E-state index contributed by atoms with van der Waals surface area (Å²) >= 11 is 0. The smallest absolute Gasteiger partial charge is 0.165 e. The number of aromatic nitrogens is 4. The molecule has 0 radical (unpaired) electrons. The molecule has 0 unspecified atom stereocenters. The molecule has 3 aromatic heterocycles. The quantitative estimate of drug-likeness (QED) is 0.184. The van der Waals surface area contributed by atoms with Gasteiger partial charge in [0.2, 0.25) is 0 Å². The second kappa shape index (κ2) is 12.2. The molecular weight excluding hydrogens is 597 g/mol. The summed E-state index contributed by atoms with van der Waals surface area (Å²) in [5, 5.41) is 2.34. The van der Waals surface area contributed by atoms with Gasteiger partial charge in [0.25, 0.3) is 0 Å². The molecule has 3 heterocycles. The predicted octanol–water partition coefficient (Wildman–Crippen LogP) is 11.3. The zero-order valence-corrected chi connectivity index (χ0v) is 26.6. The fraction of sp³-hybridized carbons (Fsp3) is 0. The van der Waals surface area contributed by atoms with Crippen LogP contribution in [0.4, 0.5) is 0 Å². The van der Waals surface area contributed by atoms with Crippen LogP contribution < -0.4 is 0 Å². The Labute approximate surface area is 284 Å². The van der Waals surface area contributed by atoms with E-state index in [4.69, 9.17) is 9.97 Å². The normalized spacial score (nSPS) is 11.3. The molecule has 0 saturated heterocycles. The lowest BCUT2D eigenvalue weighted by atomic mass is 10.0. The molecule has 49 heavy (non-hydrogen) atoms. The van der Waals surface area contributed by atoms with Crippen molar-refractivity contribution in [2.45, 2.75) is 0 Å². The average Bonchev–Trinajstić information content (AvgIpc) is 3.52. The zero-order valence-electron chi connectivity index (χ0n) is 26.6. The van der Waals surface area contributed by atoms with Crippen LogP contribution in [0.5, 0.6) is 0 Å². The maximum absolute atomic E-state index is 5.61. The van der Waals surface area contributed by atoms with Gasteiger partial charge in [0, 0.05) is 39.2 Å². The molecular formula is C45H30N4. The van der Waals surface area contributed by atoms with Gasteiger partial charge >= 0.3 is 0 Å². The van der Waals surface area contributed by atoms with Gasteiger partial charge in [-0.1, -0.05) is 152 Å². The molecule has 230 valence electrons. The summed E-state index contributed by atoms with van der Waals surface area (Å²) in [6.07, 6.45) is 1.83. The van der Waals surface area contributed by atoms with E-state index in [1.165, 1.54) is 16.3 Å². The van der Waals surface area contributed by atoms with Crippen molar-refractivity contribution in [3.8, 4) is 62.0 Å². The van der Waals surface area contributed by atoms with Crippen molar-refractivity contribution in [3.05, 3.63) is 182 Å². The van der Waals surface area contributed by atoms with Gasteiger partial charge in [-0.3, -0.25) is 9.55 Å². The van der Waals surface area contributed by atoms with Crippen LogP contribution in [0.1, 0.15) is 0 Å². The summed E-state index contributed by atoms with van der Waals surface area (Å²) in [6.45, 7) is 0. The summed E-state index contributed by atoms with van der Waals surface area (Å²) in [7, 11) is 0. The Morgan fingerprint density at radius 1 is 0.347 bits per heavy atom. The summed E-state index contributed by atoms with van der Waals surface area (Å²) in [6, 6.07) is 61.1. The SMILES string of the molecule is c1ccc(-c2ccc3c4ccccc4n(-c4nc(-c5ccccc5)c(-c5ccccc5)nc4-c4ccc(-c5ccccn5)cc4)c3c2)cc1. The minimum Gasteiger partial charge on any atom is -0.292 e. The van der Waals surface area contributed by atoms with Crippen LogP contribution in [0.25, 0.3) is 83.8 Å². The highest BCUT2D eigenvalue weighted by molar-refractivity contribution is 6.10. The largest absolute Gasteiger partial charge is 0.292 e. The van der Waals surface area contributed by atoms with Gasteiger partial charge in [-0.25, -0.2) is 9.97 Å². The first-order valence-electron chi connectivity index (χ1n) is 16.5. The Morgan fingerprint density at radius 2 is 0.878 bits per heavy atom. The summed E-state index contributed by atoms with van der Waals surface area (Å²) < 4.78 is 2.30. The summed E-state index contributed by atoms with van der Waals surface area (Å²) in [4.78, 5) is 15.7. The lowest BCUT2D eigenvalue weighted by molar-refractivity contribution is 1.05. The van der Waals surface area contributed by atoms with Crippen molar-refractivity contribution in [1.82, 2.24) is 19.5 Å². The highest BCUT2D eigenvalue weighted by Gasteiger charge is 2.23. The number of nitrogens with zero attached hydrogens (tertiary/aromatic N) is 4. The molecule has 0 spiro atoms. The number of para-hydroxylation sites is 1. The van der Waals surface area contributed by atoms with E-state index in [0.717, 1.165) is 67.4 Å². The van der Waals surface area contributed by atoms with Crippen LogP contribution in [-0.4, -0.2) is 19.5 Å². The van der Waals surface area contributed by atoms with Crippen LogP contribution in [0.2, 0.25) is 0 Å². The number of pyridine rings is 1. The molecule has 0 atom stereocenters. The summed E-state index contributed by atoms with van der Waals surface area (Å²) in [5.41, 5.74) is 11.9. The number of benzene rings is 6. The van der Waals surface area contributed by atoms with Gasteiger partial charge in [0.15, 0.2) is 5.82 Å². The highest BCUT2D eigenvalue weighted by atomic mass is 15.1. The second-order valence-corrected chi connectivity index (χ2v) is 12.1. The minimum atomic E-state index is 0.778. The third kappa shape index (κ3) is 5.16. The molecule has 4 nitrogen and oxygen atoms in total. The van der Waals surface area contributed by atoms with Crippen molar-refractivity contribution in [1.29, 1.82) is 0 Å². The number of hydrogen-bond donors (Lipinski definition) is 0. The maximum atomic E-state index is 5.61. The van der Waals surface area contributed by atoms with Crippen molar-refractivity contribution >= 4 is 21.8 Å². The Balaban J connectivity index is 1.37. The number of fused-ring (bicyclic) bond motifs is 3. The third-order valence-corrected chi connectivity index (χ3v) is 9.08. The molecule has 9 aromatic rings. The maximum Gasteiger partial charge on any atom is 0.165 e. The molecule has 6 aromatic carbocycles. The minimum absolute atomic E-state index is 0.778. The lowest BCUT2D eigenvalue weighted by Crippen LogP contribution is -2.06. The molecule has 0 saturated carbocycles. The molecule has 0 bridgehead atoms. The van der Waals surface area contributed by atoms with E-state index in [1.807, 2.05) is 36.5 Å². The standard InChI is InChI=1S/C45H30N4/c1-4-14-31(15-5-1)36-27-28-38-37-20-10-11-22-40(37)49(41(38)30-36)45-44(35-25-23-32(24-26-35)39-21-12-13-29-46-39)47-42(33-16-6-2-7-17-33)43(48-45)34-18-8-3-9-19-34/h1-30H. The first-order chi connectivity index (χ1) is 24.3. The van der Waals surface area contributed by atoms with Crippen LogP contribution in [-0.2, 0) is 0 Å². The molecule has 4 heteroatoms. The van der Waals surface area contributed by atoms with E-state index in [1.54, 1.807) is 0 Å². The van der Waals surface area contributed by atoms with Crippen LogP contribution >= 0.6 is 0 Å². The van der Waals surface area contributed by atoms with Gasteiger partial charge in [0.05, 0.1) is 28.1 Å². The number of rotatable bonds is 6. The average molecular weight is 627 g/mol. The van der Waals surface area contributed by atoms with Crippen LogP contribution in [0, 0.1) is 0 Å². The second-order valence-electron chi connectivity index (χ2n) is 12.1. The Hall–Kier alpha value is -6.65. The van der Waals surface area contributed by atoms with Crippen molar-refractivity contribution < 1.29 is 0 Å². The van der Waals surface area contributed by atoms with Gasteiger partial charge in [-0.2, -0.15) is 0 Å². The zero-order chi connectivity index (χ0) is 32.6. The van der Waals surface area contributed by atoms with Crippen molar-refractivity contribution in [2.24, 2.45) is 0 Å². The van der Waals surface area contributed by atoms with Crippen LogP contribution in [0.3, 0.4) is 0 Å². The Kier molecular flexibility index (Phi) is 7.10. The van der Waals surface area contributed by atoms with Gasteiger partial charge in [0.1, 0.15) is 5.69 Å². The van der Waals surface area contributed by atoms with Gasteiger partial charge < -0.3 is 0 Å². The fourth-order valence-corrected chi connectivity index (χ4v) is 6.71.